The molecule has 1 heterocycles. The molecule has 3 rings (SSSR count). The fourth-order valence-electron chi connectivity index (χ4n) is 1.88. The zero-order chi connectivity index (χ0) is 13.2. The largest absolute Gasteiger partial charge is 0.430 e. The third-order valence-electron chi connectivity index (χ3n) is 2.92. The van der Waals surface area contributed by atoms with E-state index in [9.17, 15) is 0 Å². The Morgan fingerprint density at radius 2 is 2.05 bits per heavy atom. The Balaban J connectivity index is 1.98. The van der Waals surface area contributed by atoms with E-state index in [-0.39, 0.29) is 0 Å². The first-order valence-corrected chi connectivity index (χ1v) is 7.74. The van der Waals surface area contributed by atoms with Gasteiger partial charge in [-0.15, -0.1) is 0 Å². The molecule has 0 aliphatic carbocycles. The smallest absolute Gasteiger partial charge is 0.278 e. The predicted octanol–water partition coefficient (Wildman–Crippen LogP) is 5.41. The number of aromatic nitrogens is 1. The number of hydrogen-bond donors (Lipinski definition) is 0. The lowest BCUT2D eigenvalue weighted by molar-refractivity contribution is 0.475. The molecule has 1 aromatic heterocycles. The van der Waals surface area contributed by atoms with Crippen LogP contribution in [0.3, 0.4) is 0 Å². The molecule has 0 aliphatic rings. The van der Waals surface area contributed by atoms with Gasteiger partial charge in [-0.3, -0.25) is 0 Å². The Hall–Kier alpha value is -1.39. The van der Waals surface area contributed by atoms with Crippen molar-refractivity contribution in [2.75, 3.05) is 0 Å². The number of nitrogens with zero attached hydrogens (tertiary/aromatic N) is 1. The van der Waals surface area contributed by atoms with E-state index in [4.69, 9.17) is 4.74 Å². The maximum absolute atomic E-state index is 5.86. The first-order valence-electron chi connectivity index (χ1n) is 6.07. The van der Waals surface area contributed by atoms with Gasteiger partial charge in [0.2, 0.25) is 0 Å². The van der Waals surface area contributed by atoms with E-state index in [1.807, 2.05) is 23.6 Å². The number of halogens is 1. The highest BCUT2D eigenvalue weighted by atomic mass is 79.9. The molecule has 0 aliphatic heterocycles. The Labute approximate surface area is 124 Å². The molecular weight excluding hydrogens is 322 g/mol. The monoisotopic (exact) mass is 333 g/mol. The molecule has 0 radical (unpaired) electrons. The van der Waals surface area contributed by atoms with Gasteiger partial charge < -0.3 is 4.74 Å². The second kappa shape index (κ2) is 5.31. The highest BCUT2D eigenvalue weighted by molar-refractivity contribution is 9.10. The molecule has 4 heteroatoms. The van der Waals surface area contributed by atoms with Crippen molar-refractivity contribution in [3.05, 3.63) is 51.9 Å². The van der Waals surface area contributed by atoms with Crippen molar-refractivity contribution < 1.29 is 4.74 Å². The van der Waals surface area contributed by atoms with Crippen molar-refractivity contribution in [3.8, 4) is 10.9 Å². The van der Waals surface area contributed by atoms with E-state index in [0.29, 0.717) is 5.19 Å². The number of aryl methyl sites for hydroxylation is 1. The minimum Gasteiger partial charge on any atom is -0.430 e. The average Bonchev–Trinajstić information content (AvgIpc) is 2.90. The van der Waals surface area contributed by atoms with Gasteiger partial charge in [0.15, 0.2) is 0 Å². The van der Waals surface area contributed by atoms with Crippen LogP contribution in [0.5, 0.6) is 10.9 Å². The lowest BCUT2D eigenvalue weighted by atomic mass is 10.1. The summed E-state index contributed by atoms with van der Waals surface area (Å²) in [5.41, 5.74) is 1.07. The minimum absolute atomic E-state index is 0.688. The molecule has 0 saturated heterocycles. The van der Waals surface area contributed by atoms with Crippen LogP contribution in [-0.2, 0) is 6.42 Å². The van der Waals surface area contributed by atoms with Gasteiger partial charge in [-0.25, -0.2) is 4.98 Å². The Morgan fingerprint density at radius 3 is 2.84 bits per heavy atom. The second-order valence-electron chi connectivity index (χ2n) is 4.16. The molecule has 0 saturated carbocycles. The van der Waals surface area contributed by atoms with Gasteiger partial charge in [-0.1, -0.05) is 48.6 Å². The van der Waals surface area contributed by atoms with Crippen LogP contribution in [0.25, 0.3) is 10.8 Å². The molecule has 96 valence electrons. The van der Waals surface area contributed by atoms with Crippen molar-refractivity contribution in [3.63, 3.8) is 0 Å². The summed E-state index contributed by atoms with van der Waals surface area (Å²) < 4.78 is 6.83. The second-order valence-corrected chi connectivity index (χ2v) is 5.77. The van der Waals surface area contributed by atoms with Crippen molar-refractivity contribution in [2.45, 2.75) is 13.3 Å². The Bertz CT molecular complexity index is 723. The average molecular weight is 334 g/mol. The number of rotatable bonds is 3. The molecule has 0 unspecified atom stereocenters. The molecular formula is C15H12BrNOS. The molecule has 0 bridgehead atoms. The first kappa shape index (κ1) is 12.6. The van der Waals surface area contributed by atoms with E-state index in [1.54, 1.807) is 0 Å². The van der Waals surface area contributed by atoms with Crippen LogP contribution in [0.2, 0.25) is 0 Å². The van der Waals surface area contributed by atoms with Gasteiger partial charge in [0.05, 0.1) is 10.2 Å². The number of ether oxygens (including phenoxy) is 1. The Morgan fingerprint density at radius 1 is 1.21 bits per heavy atom. The third-order valence-corrected chi connectivity index (χ3v) is 4.50. The lowest BCUT2D eigenvalue weighted by Gasteiger charge is -2.07. The van der Waals surface area contributed by atoms with Crippen molar-refractivity contribution >= 4 is 38.0 Å². The summed E-state index contributed by atoms with van der Waals surface area (Å²) in [6.45, 7) is 2.09. The molecule has 19 heavy (non-hydrogen) atoms. The summed E-state index contributed by atoms with van der Waals surface area (Å²) in [6, 6.07) is 12.2. The van der Waals surface area contributed by atoms with Crippen molar-refractivity contribution in [1.29, 1.82) is 0 Å². The molecule has 0 N–H and O–H groups in total. The number of benzene rings is 2. The van der Waals surface area contributed by atoms with Gasteiger partial charge in [-0.05, 0) is 39.2 Å². The van der Waals surface area contributed by atoms with E-state index >= 15 is 0 Å². The SMILES string of the molecule is CCc1csc(Oc2ccc3ccccc3c2Br)n1. The first-order chi connectivity index (χ1) is 9.28. The molecule has 2 aromatic carbocycles. The highest BCUT2D eigenvalue weighted by Crippen LogP contribution is 2.36. The number of thiazole rings is 1. The predicted molar refractivity (Wildman–Crippen MR) is 83.2 cm³/mol. The van der Waals surface area contributed by atoms with Crippen LogP contribution in [0.1, 0.15) is 12.6 Å². The fourth-order valence-corrected chi connectivity index (χ4v) is 3.22. The van der Waals surface area contributed by atoms with E-state index in [1.165, 1.54) is 16.7 Å². The number of fused-ring (bicyclic) bond motifs is 1. The van der Waals surface area contributed by atoms with Crippen LogP contribution in [0.15, 0.2) is 46.3 Å². The third kappa shape index (κ3) is 2.51. The van der Waals surface area contributed by atoms with Gasteiger partial charge in [-0.2, -0.15) is 0 Å². The maximum atomic E-state index is 5.86. The fraction of sp³-hybridized carbons (Fsp3) is 0.133. The van der Waals surface area contributed by atoms with Crippen molar-refractivity contribution in [2.24, 2.45) is 0 Å². The summed E-state index contributed by atoms with van der Waals surface area (Å²) in [6.07, 6.45) is 0.929. The van der Waals surface area contributed by atoms with Gasteiger partial charge in [0.25, 0.3) is 5.19 Å². The molecule has 0 fully saturated rings. The number of hydrogen-bond acceptors (Lipinski definition) is 3. The molecule has 2 nitrogen and oxygen atoms in total. The molecule has 0 amide bonds. The molecule has 0 atom stereocenters. The summed E-state index contributed by atoms with van der Waals surface area (Å²) in [5.74, 6) is 0.802. The van der Waals surface area contributed by atoms with Gasteiger partial charge >= 0.3 is 0 Å². The summed E-state index contributed by atoms with van der Waals surface area (Å²) in [4.78, 5) is 4.42. The summed E-state index contributed by atoms with van der Waals surface area (Å²) in [7, 11) is 0. The van der Waals surface area contributed by atoms with Crippen LogP contribution < -0.4 is 4.74 Å². The topological polar surface area (TPSA) is 22.1 Å². The molecule has 3 aromatic rings. The zero-order valence-electron chi connectivity index (χ0n) is 10.4. The zero-order valence-corrected chi connectivity index (χ0v) is 12.8. The van der Waals surface area contributed by atoms with Crippen LogP contribution in [-0.4, -0.2) is 4.98 Å². The van der Waals surface area contributed by atoms with Crippen LogP contribution in [0, 0.1) is 0 Å². The van der Waals surface area contributed by atoms with Crippen LogP contribution in [0.4, 0.5) is 0 Å². The normalized spacial score (nSPS) is 10.8. The van der Waals surface area contributed by atoms with Crippen molar-refractivity contribution in [1.82, 2.24) is 4.98 Å². The minimum atomic E-state index is 0.688. The lowest BCUT2D eigenvalue weighted by Crippen LogP contribution is -1.87. The summed E-state index contributed by atoms with van der Waals surface area (Å²) >= 11 is 5.14. The highest BCUT2D eigenvalue weighted by Gasteiger charge is 2.09. The van der Waals surface area contributed by atoms with E-state index in [2.05, 4.69) is 46.0 Å². The quantitative estimate of drug-likeness (QED) is 0.639. The Kier molecular flexibility index (Phi) is 3.53. The molecule has 0 spiro atoms. The van der Waals surface area contributed by atoms with Gasteiger partial charge in [0.1, 0.15) is 5.75 Å². The van der Waals surface area contributed by atoms with E-state index < -0.39 is 0 Å². The van der Waals surface area contributed by atoms with Gasteiger partial charge in [0, 0.05) is 5.38 Å². The summed E-state index contributed by atoms with van der Waals surface area (Å²) in [5, 5.41) is 5.06. The standard InChI is InChI=1S/C15H12BrNOS/c1-2-11-9-19-15(17-11)18-13-8-7-10-5-3-4-6-12(10)14(13)16/h3-9H,2H2,1H3. The van der Waals surface area contributed by atoms with Crippen LogP contribution >= 0.6 is 27.3 Å². The maximum Gasteiger partial charge on any atom is 0.278 e. The van der Waals surface area contributed by atoms with E-state index in [0.717, 1.165) is 27.7 Å².